The van der Waals surface area contributed by atoms with Gasteiger partial charge >= 0.3 is 0 Å². The Morgan fingerprint density at radius 1 is 1.56 bits per heavy atom. The summed E-state index contributed by atoms with van der Waals surface area (Å²) < 4.78 is 1.90. The van der Waals surface area contributed by atoms with E-state index in [-0.39, 0.29) is 0 Å². The molecule has 90 valence electrons. The van der Waals surface area contributed by atoms with E-state index in [2.05, 4.69) is 23.5 Å². The van der Waals surface area contributed by atoms with Crippen molar-refractivity contribution >= 4 is 0 Å². The molecular weight excluding hydrogens is 198 g/mol. The van der Waals surface area contributed by atoms with Crippen molar-refractivity contribution in [3.63, 3.8) is 0 Å². The molecule has 0 saturated heterocycles. The Morgan fingerprint density at radius 2 is 2.38 bits per heavy atom. The molecular formula is C13H23N3. The first-order valence-corrected chi connectivity index (χ1v) is 6.50. The fraction of sp³-hybridized carbons (Fsp3) is 0.769. The van der Waals surface area contributed by atoms with Gasteiger partial charge in [-0.25, -0.2) is 0 Å². The zero-order chi connectivity index (χ0) is 11.4. The maximum atomic E-state index is 4.24. The van der Waals surface area contributed by atoms with E-state index in [1.165, 1.54) is 31.2 Å². The minimum absolute atomic E-state index is 0.665. The molecule has 0 bridgehead atoms. The maximum Gasteiger partial charge on any atom is 0.0522 e. The second kappa shape index (κ2) is 5.48. The first kappa shape index (κ1) is 11.6. The average molecular weight is 221 g/mol. The van der Waals surface area contributed by atoms with Crippen LogP contribution >= 0.6 is 0 Å². The van der Waals surface area contributed by atoms with Crippen molar-refractivity contribution in [2.24, 2.45) is 13.0 Å². The van der Waals surface area contributed by atoms with Crippen LogP contribution in [0.25, 0.3) is 0 Å². The molecule has 2 rings (SSSR count). The van der Waals surface area contributed by atoms with Crippen LogP contribution in [0, 0.1) is 5.92 Å². The molecule has 0 radical (unpaired) electrons. The van der Waals surface area contributed by atoms with Crippen molar-refractivity contribution in [3.05, 3.63) is 18.0 Å². The topological polar surface area (TPSA) is 29.9 Å². The maximum absolute atomic E-state index is 4.24. The SMILES string of the molecule is CCCNC(Cc1cnn(C)c1)C1CCC1. The van der Waals surface area contributed by atoms with Crippen LogP contribution in [0.5, 0.6) is 0 Å². The second-order valence-electron chi connectivity index (χ2n) is 4.98. The molecule has 0 aliphatic heterocycles. The molecule has 1 heterocycles. The summed E-state index contributed by atoms with van der Waals surface area (Å²) in [6.07, 6.45) is 10.7. The van der Waals surface area contributed by atoms with Crippen molar-refractivity contribution in [2.75, 3.05) is 6.54 Å². The zero-order valence-corrected chi connectivity index (χ0v) is 10.4. The molecule has 1 unspecified atom stereocenters. The standard InChI is InChI=1S/C13H23N3/c1-3-7-14-13(12-5-4-6-12)8-11-9-15-16(2)10-11/h9-10,12-14H,3-8H2,1-2H3. The van der Waals surface area contributed by atoms with Gasteiger partial charge in [0.15, 0.2) is 0 Å². The summed E-state index contributed by atoms with van der Waals surface area (Å²) >= 11 is 0. The van der Waals surface area contributed by atoms with E-state index < -0.39 is 0 Å². The fourth-order valence-corrected chi connectivity index (χ4v) is 2.41. The summed E-state index contributed by atoms with van der Waals surface area (Å²) in [6.45, 7) is 3.37. The molecule has 1 N–H and O–H groups in total. The lowest BCUT2D eigenvalue weighted by atomic mass is 9.78. The summed E-state index contributed by atoms with van der Waals surface area (Å²) in [5.74, 6) is 0.895. The molecule has 1 aromatic rings. The molecule has 1 fully saturated rings. The van der Waals surface area contributed by atoms with Crippen LogP contribution in [0.3, 0.4) is 0 Å². The van der Waals surface area contributed by atoms with Crippen LogP contribution in [-0.4, -0.2) is 22.4 Å². The molecule has 3 heteroatoms. The Morgan fingerprint density at radius 3 is 2.88 bits per heavy atom. The number of rotatable bonds is 6. The van der Waals surface area contributed by atoms with E-state index >= 15 is 0 Å². The zero-order valence-electron chi connectivity index (χ0n) is 10.4. The number of nitrogens with one attached hydrogen (secondary N) is 1. The van der Waals surface area contributed by atoms with Crippen molar-refractivity contribution in [3.8, 4) is 0 Å². The van der Waals surface area contributed by atoms with Crippen LogP contribution in [0.4, 0.5) is 0 Å². The van der Waals surface area contributed by atoms with Gasteiger partial charge in [-0.15, -0.1) is 0 Å². The number of hydrogen-bond acceptors (Lipinski definition) is 2. The minimum atomic E-state index is 0.665. The highest BCUT2D eigenvalue weighted by atomic mass is 15.2. The number of hydrogen-bond donors (Lipinski definition) is 1. The van der Waals surface area contributed by atoms with Crippen LogP contribution in [0.15, 0.2) is 12.4 Å². The van der Waals surface area contributed by atoms with Gasteiger partial charge in [0.25, 0.3) is 0 Å². The fourth-order valence-electron chi connectivity index (χ4n) is 2.41. The molecule has 1 atom stereocenters. The van der Waals surface area contributed by atoms with Gasteiger partial charge in [0.1, 0.15) is 0 Å². The van der Waals surface area contributed by atoms with E-state index in [0.717, 1.165) is 18.9 Å². The highest BCUT2D eigenvalue weighted by molar-refractivity contribution is 5.07. The summed E-state index contributed by atoms with van der Waals surface area (Å²) in [5.41, 5.74) is 1.36. The predicted molar refractivity (Wildman–Crippen MR) is 66.3 cm³/mol. The van der Waals surface area contributed by atoms with Crippen LogP contribution in [0.1, 0.15) is 38.2 Å². The van der Waals surface area contributed by atoms with Crippen molar-refractivity contribution < 1.29 is 0 Å². The van der Waals surface area contributed by atoms with Gasteiger partial charge in [-0.1, -0.05) is 13.3 Å². The van der Waals surface area contributed by atoms with Crippen molar-refractivity contribution in [1.82, 2.24) is 15.1 Å². The minimum Gasteiger partial charge on any atom is -0.313 e. The second-order valence-corrected chi connectivity index (χ2v) is 4.98. The molecule has 3 nitrogen and oxygen atoms in total. The Balaban J connectivity index is 1.90. The van der Waals surface area contributed by atoms with Gasteiger partial charge in [-0.05, 0) is 43.7 Å². The van der Waals surface area contributed by atoms with Gasteiger partial charge in [-0.3, -0.25) is 4.68 Å². The Kier molecular flexibility index (Phi) is 3.99. The molecule has 1 saturated carbocycles. The monoisotopic (exact) mass is 221 g/mol. The van der Waals surface area contributed by atoms with E-state index in [4.69, 9.17) is 0 Å². The van der Waals surface area contributed by atoms with E-state index in [0.29, 0.717) is 6.04 Å². The first-order valence-electron chi connectivity index (χ1n) is 6.50. The van der Waals surface area contributed by atoms with Crippen molar-refractivity contribution in [1.29, 1.82) is 0 Å². The van der Waals surface area contributed by atoms with Crippen LogP contribution in [0.2, 0.25) is 0 Å². The molecule has 16 heavy (non-hydrogen) atoms. The van der Waals surface area contributed by atoms with Gasteiger partial charge in [0.05, 0.1) is 6.20 Å². The summed E-state index contributed by atoms with van der Waals surface area (Å²) in [5, 5.41) is 7.93. The summed E-state index contributed by atoms with van der Waals surface area (Å²) in [7, 11) is 1.99. The van der Waals surface area contributed by atoms with Gasteiger partial charge in [-0.2, -0.15) is 5.10 Å². The van der Waals surface area contributed by atoms with Crippen LogP contribution < -0.4 is 5.32 Å². The number of aryl methyl sites for hydroxylation is 1. The summed E-state index contributed by atoms with van der Waals surface area (Å²) in [4.78, 5) is 0. The Labute approximate surface area is 98.2 Å². The molecule has 1 aliphatic rings. The van der Waals surface area contributed by atoms with Gasteiger partial charge in [0.2, 0.25) is 0 Å². The highest BCUT2D eigenvalue weighted by Gasteiger charge is 2.26. The number of aromatic nitrogens is 2. The lowest BCUT2D eigenvalue weighted by molar-refractivity contribution is 0.227. The molecule has 1 aromatic heterocycles. The van der Waals surface area contributed by atoms with E-state index in [1.807, 2.05) is 17.9 Å². The largest absolute Gasteiger partial charge is 0.313 e. The molecule has 1 aliphatic carbocycles. The normalized spacial score (nSPS) is 18.4. The Bertz CT molecular complexity index is 315. The quantitative estimate of drug-likeness (QED) is 0.797. The van der Waals surface area contributed by atoms with E-state index in [9.17, 15) is 0 Å². The summed E-state index contributed by atoms with van der Waals surface area (Å²) in [6, 6.07) is 0.665. The third-order valence-corrected chi connectivity index (χ3v) is 3.59. The lowest BCUT2D eigenvalue weighted by Crippen LogP contribution is -2.41. The Hall–Kier alpha value is -0.830. The van der Waals surface area contributed by atoms with Gasteiger partial charge in [0, 0.05) is 19.3 Å². The molecule has 0 spiro atoms. The predicted octanol–water partition coefficient (Wildman–Crippen LogP) is 2.13. The van der Waals surface area contributed by atoms with Crippen molar-refractivity contribution in [2.45, 2.75) is 45.1 Å². The number of nitrogens with zero attached hydrogens (tertiary/aromatic N) is 2. The van der Waals surface area contributed by atoms with E-state index in [1.54, 1.807) is 0 Å². The van der Waals surface area contributed by atoms with Crippen LogP contribution in [-0.2, 0) is 13.5 Å². The third-order valence-electron chi connectivity index (χ3n) is 3.59. The smallest absolute Gasteiger partial charge is 0.0522 e. The first-order chi connectivity index (χ1) is 7.79. The average Bonchev–Trinajstić information content (AvgIpc) is 2.58. The third kappa shape index (κ3) is 2.85. The molecule has 0 amide bonds. The highest BCUT2D eigenvalue weighted by Crippen LogP contribution is 2.31. The molecule has 0 aromatic carbocycles. The lowest BCUT2D eigenvalue weighted by Gasteiger charge is -2.34. The van der Waals surface area contributed by atoms with Gasteiger partial charge < -0.3 is 5.32 Å².